The Kier molecular flexibility index (Phi) is 5.06. The van der Waals surface area contributed by atoms with Gasteiger partial charge in [0.1, 0.15) is 4.21 Å². The SMILES string of the molecule is CC(C)CCN(C(=O)Cc1ccc(S(N)(=O)=O)s1)C1CC1. The van der Waals surface area contributed by atoms with Crippen molar-refractivity contribution in [3.8, 4) is 0 Å². The molecular formula is C14H22N2O3S2. The molecule has 21 heavy (non-hydrogen) atoms. The lowest BCUT2D eigenvalue weighted by Crippen LogP contribution is -2.35. The number of nitrogens with two attached hydrogens (primary N) is 1. The average Bonchev–Trinajstić information content (AvgIpc) is 3.06. The van der Waals surface area contributed by atoms with Crippen LogP contribution in [0, 0.1) is 5.92 Å². The molecule has 0 saturated heterocycles. The van der Waals surface area contributed by atoms with Gasteiger partial charge in [-0.25, -0.2) is 13.6 Å². The minimum absolute atomic E-state index is 0.0842. The number of amides is 1. The Morgan fingerprint density at radius 2 is 2.10 bits per heavy atom. The Balaban J connectivity index is 2.00. The van der Waals surface area contributed by atoms with E-state index in [9.17, 15) is 13.2 Å². The average molecular weight is 330 g/mol. The molecule has 1 aromatic heterocycles. The van der Waals surface area contributed by atoms with Crippen LogP contribution in [0.1, 0.15) is 38.0 Å². The molecule has 0 aromatic carbocycles. The lowest BCUT2D eigenvalue weighted by atomic mass is 10.1. The van der Waals surface area contributed by atoms with Gasteiger partial charge in [0.05, 0.1) is 6.42 Å². The maximum atomic E-state index is 12.4. The van der Waals surface area contributed by atoms with Crippen molar-refractivity contribution in [2.75, 3.05) is 6.54 Å². The summed E-state index contributed by atoms with van der Waals surface area (Å²) in [5.41, 5.74) is 0. The number of primary sulfonamides is 1. The van der Waals surface area contributed by atoms with Crippen LogP contribution in [0.25, 0.3) is 0 Å². The van der Waals surface area contributed by atoms with E-state index in [1.807, 2.05) is 4.90 Å². The van der Waals surface area contributed by atoms with Crippen molar-refractivity contribution in [3.63, 3.8) is 0 Å². The first-order valence-electron chi connectivity index (χ1n) is 7.18. The third-order valence-corrected chi connectivity index (χ3v) is 6.02. The zero-order valence-corrected chi connectivity index (χ0v) is 14.0. The molecule has 1 saturated carbocycles. The van der Waals surface area contributed by atoms with Crippen LogP contribution in [0.4, 0.5) is 0 Å². The molecule has 1 aliphatic rings. The molecular weight excluding hydrogens is 308 g/mol. The number of thiophene rings is 1. The first kappa shape index (κ1) is 16.5. The Morgan fingerprint density at radius 3 is 2.57 bits per heavy atom. The Bertz CT molecular complexity index is 603. The molecule has 5 nitrogen and oxygen atoms in total. The Hall–Kier alpha value is -0.920. The molecule has 0 bridgehead atoms. The standard InChI is InChI=1S/C14H22N2O3S2/c1-10(2)7-8-16(11-3-4-11)13(17)9-12-5-6-14(20-12)21(15,18)19/h5-6,10-11H,3-4,7-9H2,1-2H3,(H2,15,18,19). The number of sulfonamides is 1. The second-order valence-corrected chi connectivity index (χ2v) is 8.90. The predicted octanol–water partition coefficient (Wildman–Crippen LogP) is 1.98. The largest absolute Gasteiger partial charge is 0.339 e. The molecule has 0 unspecified atom stereocenters. The molecule has 2 rings (SSSR count). The van der Waals surface area contributed by atoms with Gasteiger partial charge in [0.15, 0.2) is 0 Å². The molecule has 0 aliphatic heterocycles. The molecule has 7 heteroatoms. The minimum Gasteiger partial charge on any atom is -0.339 e. The zero-order chi connectivity index (χ0) is 15.6. The van der Waals surface area contributed by atoms with Gasteiger partial charge in [-0.3, -0.25) is 4.79 Å². The number of nitrogens with zero attached hydrogens (tertiary/aromatic N) is 1. The van der Waals surface area contributed by atoms with Gasteiger partial charge in [-0.05, 0) is 37.3 Å². The van der Waals surface area contributed by atoms with Crippen molar-refractivity contribution in [1.29, 1.82) is 0 Å². The fourth-order valence-electron chi connectivity index (χ4n) is 2.15. The molecule has 0 spiro atoms. The van der Waals surface area contributed by atoms with Gasteiger partial charge < -0.3 is 4.90 Å². The summed E-state index contributed by atoms with van der Waals surface area (Å²) >= 11 is 1.08. The van der Waals surface area contributed by atoms with Crippen molar-refractivity contribution in [1.82, 2.24) is 4.90 Å². The first-order valence-corrected chi connectivity index (χ1v) is 9.54. The second kappa shape index (κ2) is 6.46. The molecule has 1 amide bonds. The number of carbonyl (C=O) groups is 1. The summed E-state index contributed by atoms with van der Waals surface area (Å²) in [5, 5.41) is 5.09. The number of hydrogen-bond acceptors (Lipinski definition) is 4. The highest BCUT2D eigenvalue weighted by atomic mass is 32.2. The second-order valence-electron chi connectivity index (χ2n) is 5.94. The van der Waals surface area contributed by atoms with Gasteiger partial charge in [-0.2, -0.15) is 0 Å². The van der Waals surface area contributed by atoms with Gasteiger partial charge in [-0.15, -0.1) is 11.3 Å². The number of rotatable bonds is 7. The summed E-state index contributed by atoms with van der Waals surface area (Å²) in [6, 6.07) is 3.53. The van der Waals surface area contributed by atoms with E-state index in [-0.39, 0.29) is 16.5 Å². The normalized spacial score (nSPS) is 15.4. The quantitative estimate of drug-likeness (QED) is 0.830. The Labute approximate surface area is 130 Å². The van der Waals surface area contributed by atoms with Crippen LogP contribution in [-0.4, -0.2) is 31.8 Å². The molecule has 1 aliphatic carbocycles. The van der Waals surface area contributed by atoms with Crippen molar-refractivity contribution in [3.05, 3.63) is 17.0 Å². The van der Waals surface area contributed by atoms with Crippen LogP contribution in [0.2, 0.25) is 0 Å². The van der Waals surface area contributed by atoms with Crippen molar-refractivity contribution < 1.29 is 13.2 Å². The van der Waals surface area contributed by atoms with Crippen molar-refractivity contribution in [2.45, 2.75) is 49.8 Å². The summed E-state index contributed by atoms with van der Waals surface area (Å²) in [5.74, 6) is 0.649. The van der Waals surface area contributed by atoms with Gasteiger partial charge in [0, 0.05) is 17.5 Å². The first-order chi connectivity index (χ1) is 9.77. The van der Waals surface area contributed by atoms with E-state index in [1.54, 1.807) is 6.07 Å². The van der Waals surface area contributed by atoms with Crippen LogP contribution in [0.15, 0.2) is 16.3 Å². The number of carbonyl (C=O) groups excluding carboxylic acids is 1. The van der Waals surface area contributed by atoms with Crippen LogP contribution in [0.5, 0.6) is 0 Å². The fourth-order valence-corrected chi connectivity index (χ4v) is 3.92. The lowest BCUT2D eigenvalue weighted by molar-refractivity contribution is -0.131. The zero-order valence-electron chi connectivity index (χ0n) is 12.4. The summed E-state index contributed by atoms with van der Waals surface area (Å²) in [6.07, 6.45) is 3.41. The van der Waals surface area contributed by atoms with E-state index in [0.717, 1.165) is 42.0 Å². The fraction of sp³-hybridized carbons (Fsp3) is 0.643. The van der Waals surface area contributed by atoms with Crippen LogP contribution < -0.4 is 5.14 Å². The highest BCUT2D eigenvalue weighted by Gasteiger charge is 2.32. The molecule has 1 aromatic rings. The summed E-state index contributed by atoms with van der Waals surface area (Å²) in [7, 11) is -3.67. The van der Waals surface area contributed by atoms with E-state index < -0.39 is 10.0 Å². The van der Waals surface area contributed by atoms with Crippen LogP contribution in [0.3, 0.4) is 0 Å². The summed E-state index contributed by atoms with van der Waals surface area (Å²) < 4.78 is 22.6. The van der Waals surface area contributed by atoms with E-state index in [0.29, 0.717) is 12.0 Å². The van der Waals surface area contributed by atoms with E-state index >= 15 is 0 Å². The highest BCUT2D eigenvalue weighted by molar-refractivity contribution is 7.91. The smallest absolute Gasteiger partial charge is 0.247 e. The van der Waals surface area contributed by atoms with Crippen LogP contribution >= 0.6 is 11.3 Å². The monoisotopic (exact) mass is 330 g/mol. The molecule has 1 heterocycles. The van der Waals surface area contributed by atoms with E-state index in [1.165, 1.54) is 6.07 Å². The maximum absolute atomic E-state index is 12.4. The number of hydrogen-bond donors (Lipinski definition) is 1. The highest BCUT2D eigenvalue weighted by Crippen LogP contribution is 2.29. The molecule has 118 valence electrons. The Morgan fingerprint density at radius 1 is 1.43 bits per heavy atom. The van der Waals surface area contributed by atoms with E-state index in [2.05, 4.69) is 13.8 Å². The molecule has 0 radical (unpaired) electrons. The molecule has 1 fully saturated rings. The summed E-state index contributed by atoms with van der Waals surface area (Å²) in [6.45, 7) is 5.08. The van der Waals surface area contributed by atoms with Gasteiger partial charge >= 0.3 is 0 Å². The topological polar surface area (TPSA) is 80.5 Å². The predicted molar refractivity (Wildman–Crippen MR) is 83.6 cm³/mol. The molecule has 2 N–H and O–H groups in total. The third-order valence-electron chi connectivity index (χ3n) is 3.50. The van der Waals surface area contributed by atoms with Crippen molar-refractivity contribution in [2.24, 2.45) is 11.1 Å². The van der Waals surface area contributed by atoms with Gasteiger partial charge in [0.2, 0.25) is 15.9 Å². The van der Waals surface area contributed by atoms with E-state index in [4.69, 9.17) is 5.14 Å². The lowest BCUT2D eigenvalue weighted by Gasteiger charge is -2.23. The maximum Gasteiger partial charge on any atom is 0.247 e. The summed E-state index contributed by atoms with van der Waals surface area (Å²) in [4.78, 5) is 15.1. The third kappa shape index (κ3) is 4.79. The molecule has 0 atom stereocenters. The van der Waals surface area contributed by atoms with Gasteiger partial charge in [0.25, 0.3) is 0 Å². The van der Waals surface area contributed by atoms with Crippen LogP contribution in [-0.2, 0) is 21.2 Å². The minimum atomic E-state index is -3.67. The van der Waals surface area contributed by atoms with Gasteiger partial charge in [-0.1, -0.05) is 13.8 Å². The van der Waals surface area contributed by atoms with Crippen molar-refractivity contribution >= 4 is 27.3 Å².